The SMILES string of the molecule is COC(=O)C1CN(CCCN2CCCC2=O)CCC1=O. The molecule has 0 bridgehead atoms. The van der Waals surface area contributed by atoms with E-state index in [9.17, 15) is 14.4 Å². The van der Waals surface area contributed by atoms with Gasteiger partial charge in [0, 0.05) is 39.0 Å². The molecule has 0 radical (unpaired) electrons. The highest BCUT2D eigenvalue weighted by atomic mass is 16.5. The molecule has 0 N–H and O–H groups in total. The highest BCUT2D eigenvalue weighted by Crippen LogP contribution is 2.15. The summed E-state index contributed by atoms with van der Waals surface area (Å²) in [4.78, 5) is 38.7. The van der Waals surface area contributed by atoms with Crippen molar-refractivity contribution in [3.63, 3.8) is 0 Å². The molecule has 1 atom stereocenters. The highest BCUT2D eigenvalue weighted by molar-refractivity contribution is 5.99. The van der Waals surface area contributed by atoms with Gasteiger partial charge in [0.25, 0.3) is 0 Å². The second-order valence-corrected chi connectivity index (χ2v) is 5.43. The maximum atomic E-state index is 11.7. The molecule has 0 saturated carbocycles. The number of carbonyl (C=O) groups is 3. The summed E-state index contributed by atoms with van der Waals surface area (Å²) in [5, 5.41) is 0. The van der Waals surface area contributed by atoms with Gasteiger partial charge in [-0.2, -0.15) is 0 Å². The summed E-state index contributed by atoms with van der Waals surface area (Å²) >= 11 is 0. The van der Waals surface area contributed by atoms with Crippen LogP contribution in [0.4, 0.5) is 0 Å². The lowest BCUT2D eigenvalue weighted by Crippen LogP contribution is -2.45. The van der Waals surface area contributed by atoms with Gasteiger partial charge < -0.3 is 14.5 Å². The van der Waals surface area contributed by atoms with Crippen LogP contribution in [0.5, 0.6) is 0 Å². The number of rotatable bonds is 5. The van der Waals surface area contributed by atoms with E-state index in [0.29, 0.717) is 25.9 Å². The van der Waals surface area contributed by atoms with Gasteiger partial charge in [-0.05, 0) is 19.4 Å². The molecule has 2 aliphatic heterocycles. The van der Waals surface area contributed by atoms with Crippen LogP contribution in [-0.2, 0) is 19.1 Å². The van der Waals surface area contributed by atoms with Crippen LogP contribution in [-0.4, -0.2) is 67.3 Å². The van der Waals surface area contributed by atoms with E-state index in [1.165, 1.54) is 7.11 Å². The Morgan fingerprint density at radius 1 is 1.25 bits per heavy atom. The lowest BCUT2D eigenvalue weighted by Gasteiger charge is -2.30. The molecule has 0 aliphatic carbocycles. The molecule has 1 amide bonds. The van der Waals surface area contributed by atoms with E-state index in [1.54, 1.807) is 0 Å². The van der Waals surface area contributed by atoms with Crippen molar-refractivity contribution in [2.75, 3.05) is 39.8 Å². The van der Waals surface area contributed by atoms with Crippen molar-refractivity contribution in [1.29, 1.82) is 0 Å². The van der Waals surface area contributed by atoms with Crippen molar-refractivity contribution in [3.8, 4) is 0 Å². The molecule has 0 aromatic heterocycles. The summed E-state index contributed by atoms with van der Waals surface area (Å²) in [6.07, 6.45) is 2.92. The summed E-state index contributed by atoms with van der Waals surface area (Å²) in [6.45, 7) is 3.58. The summed E-state index contributed by atoms with van der Waals surface area (Å²) in [6, 6.07) is 0. The van der Waals surface area contributed by atoms with Gasteiger partial charge in [-0.1, -0.05) is 0 Å². The van der Waals surface area contributed by atoms with Crippen LogP contribution in [0.3, 0.4) is 0 Å². The van der Waals surface area contributed by atoms with Crippen molar-refractivity contribution in [2.24, 2.45) is 5.92 Å². The van der Waals surface area contributed by atoms with E-state index in [2.05, 4.69) is 9.64 Å². The molecule has 2 saturated heterocycles. The lowest BCUT2D eigenvalue weighted by molar-refractivity contribution is -0.151. The van der Waals surface area contributed by atoms with Crippen molar-refractivity contribution in [1.82, 2.24) is 9.80 Å². The van der Waals surface area contributed by atoms with Crippen molar-refractivity contribution < 1.29 is 19.1 Å². The van der Waals surface area contributed by atoms with Gasteiger partial charge in [0.15, 0.2) is 0 Å². The molecule has 2 fully saturated rings. The minimum absolute atomic E-state index is 0.0252. The van der Waals surface area contributed by atoms with Crippen molar-refractivity contribution in [3.05, 3.63) is 0 Å². The number of hydrogen-bond donors (Lipinski definition) is 0. The van der Waals surface area contributed by atoms with Gasteiger partial charge in [-0.15, -0.1) is 0 Å². The maximum Gasteiger partial charge on any atom is 0.317 e. The first-order valence-electron chi connectivity index (χ1n) is 7.22. The fourth-order valence-electron chi connectivity index (χ4n) is 2.87. The van der Waals surface area contributed by atoms with Crippen molar-refractivity contribution in [2.45, 2.75) is 25.7 Å². The third kappa shape index (κ3) is 3.56. The molecule has 2 heterocycles. The molecule has 20 heavy (non-hydrogen) atoms. The predicted molar refractivity (Wildman–Crippen MR) is 72.0 cm³/mol. The van der Waals surface area contributed by atoms with E-state index < -0.39 is 11.9 Å². The number of carbonyl (C=O) groups excluding carboxylic acids is 3. The molecule has 2 aliphatic rings. The average molecular weight is 282 g/mol. The largest absolute Gasteiger partial charge is 0.468 e. The van der Waals surface area contributed by atoms with E-state index in [0.717, 1.165) is 32.5 Å². The molecule has 112 valence electrons. The summed E-state index contributed by atoms with van der Waals surface area (Å²) < 4.78 is 4.67. The Morgan fingerprint density at radius 2 is 2.05 bits per heavy atom. The van der Waals surface area contributed by atoms with E-state index in [-0.39, 0.29) is 11.7 Å². The lowest BCUT2D eigenvalue weighted by atomic mass is 9.96. The zero-order valence-corrected chi connectivity index (χ0v) is 12.0. The predicted octanol–water partition coefficient (Wildman–Crippen LogP) is 0.0629. The van der Waals surface area contributed by atoms with Gasteiger partial charge in [0.2, 0.25) is 5.91 Å². The number of Topliss-reactive ketones (excluding diaryl/α,β-unsaturated/α-hetero) is 1. The normalized spacial score (nSPS) is 24.2. The maximum absolute atomic E-state index is 11.7. The van der Waals surface area contributed by atoms with Crippen LogP contribution < -0.4 is 0 Å². The number of likely N-dealkylation sites (tertiary alicyclic amines) is 2. The third-order valence-corrected chi connectivity index (χ3v) is 4.06. The number of hydrogen-bond acceptors (Lipinski definition) is 5. The van der Waals surface area contributed by atoms with Gasteiger partial charge in [-0.3, -0.25) is 14.4 Å². The van der Waals surface area contributed by atoms with Crippen LogP contribution in [0.2, 0.25) is 0 Å². The fraction of sp³-hybridized carbons (Fsp3) is 0.786. The van der Waals surface area contributed by atoms with Gasteiger partial charge in [0.05, 0.1) is 7.11 Å². The first kappa shape index (κ1) is 15.0. The summed E-state index contributed by atoms with van der Waals surface area (Å²) in [5.74, 6) is -0.856. The number of esters is 1. The van der Waals surface area contributed by atoms with Crippen LogP contribution in [0, 0.1) is 5.92 Å². The molecule has 0 aromatic carbocycles. The summed E-state index contributed by atoms with van der Waals surface area (Å²) in [7, 11) is 1.31. The number of methoxy groups -OCH3 is 1. The first-order valence-corrected chi connectivity index (χ1v) is 7.22. The molecular formula is C14H22N2O4. The first-order chi connectivity index (χ1) is 9.61. The number of ketones is 1. The molecular weight excluding hydrogens is 260 g/mol. The Bertz CT molecular complexity index is 389. The molecule has 6 nitrogen and oxygen atoms in total. The van der Waals surface area contributed by atoms with E-state index >= 15 is 0 Å². The second-order valence-electron chi connectivity index (χ2n) is 5.43. The van der Waals surface area contributed by atoms with Crippen LogP contribution in [0.1, 0.15) is 25.7 Å². The number of nitrogens with zero attached hydrogens (tertiary/aromatic N) is 2. The number of amides is 1. The van der Waals surface area contributed by atoms with Crippen molar-refractivity contribution >= 4 is 17.7 Å². The zero-order valence-electron chi connectivity index (χ0n) is 12.0. The Hall–Kier alpha value is -1.43. The Balaban J connectivity index is 1.74. The monoisotopic (exact) mass is 282 g/mol. The van der Waals surface area contributed by atoms with Gasteiger partial charge in [-0.25, -0.2) is 0 Å². The summed E-state index contributed by atoms with van der Waals surface area (Å²) in [5.41, 5.74) is 0. The third-order valence-electron chi connectivity index (χ3n) is 4.06. The topological polar surface area (TPSA) is 66.9 Å². The average Bonchev–Trinajstić information content (AvgIpc) is 2.85. The van der Waals surface area contributed by atoms with E-state index in [1.807, 2.05) is 4.90 Å². The van der Waals surface area contributed by atoms with Gasteiger partial charge >= 0.3 is 5.97 Å². The highest BCUT2D eigenvalue weighted by Gasteiger charge is 2.33. The van der Waals surface area contributed by atoms with Crippen LogP contribution in [0.15, 0.2) is 0 Å². The zero-order chi connectivity index (χ0) is 14.5. The molecule has 6 heteroatoms. The Kier molecular flexibility index (Phi) is 5.11. The second kappa shape index (κ2) is 6.83. The minimum Gasteiger partial charge on any atom is -0.468 e. The minimum atomic E-state index is -0.637. The number of piperidine rings is 1. The quantitative estimate of drug-likeness (QED) is 0.527. The molecule has 1 unspecified atom stereocenters. The van der Waals surface area contributed by atoms with E-state index in [4.69, 9.17) is 0 Å². The molecule has 0 aromatic rings. The van der Waals surface area contributed by atoms with Crippen LogP contribution in [0.25, 0.3) is 0 Å². The van der Waals surface area contributed by atoms with Gasteiger partial charge in [0.1, 0.15) is 11.7 Å². The number of ether oxygens (including phenoxy) is 1. The smallest absolute Gasteiger partial charge is 0.317 e. The standard InChI is InChI=1S/C14H22N2O4/c1-20-14(19)11-10-15(9-5-12(11)17)6-3-8-16-7-2-4-13(16)18/h11H,2-10H2,1H3. The Labute approximate surface area is 119 Å². The fourth-order valence-corrected chi connectivity index (χ4v) is 2.87. The van der Waals surface area contributed by atoms with Crippen LogP contribution >= 0.6 is 0 Å². The molecule has 0 spiro atoms. The Morgan fingerprint density at radius 3 is 2.70 bits per heavy atom. The molecule has 2 rings (SSSR count).